The number of nitrogens with two attached hydrogens (primary N) is 1. The first-order chi connectivity index (χ1) is 9.19. The Labute approximate surface area is 111 Å². The van der Waals surface area contributed by atoms with Gasteiger partial charge in [0.25, 0.3) is 0 Å². The number of rotatable bonds is 4. The van der Waals surface area contributed by atoms with Crippen molar-refractivity contribution in [3.8, 4) is 0 Å². The van der Waals surface area contributed by atoms with Crippen LogP contribution in [-0.2, 0) is 11.3 Å². The predicted octanol–water partition coefficient (Wildman–Crippen LogP) is -1.61. The molecule has 8 heteroatoms. The molecule has 0 atom stereocenters. The molecule has 0 radical (unpaired) electrons. The van der Waals surface area contributed by atoms with E-state index < -0.39 is 0 Å². The number of carbonyl (C=O) groups excluding carboxylic acids is 1. The number of hydrogen-bond acceptors (Lipinski definition) is 6. The monoisotopic (exact) mass is 268 g/mol. The van der Waals surface area contributed by atoms with Gasteiger partial charge in [-0.15, -0.1) is 5.10 Å². The molecule has 1 fully saturated rings. The van der Waals surface area contributed by atoms with E-state index in [1.807, 2.05) is 4.90 Å². The molecule has 2 heterocycles. The van der Waals surface area contributed by atoms with Crippen molar-refractivity contribution in [2.45, 2.75) is 13.0 Å². The van der Waals surface area contributed by atoms with Gasteiger partial charge in [0.05, 0.1) is 6.61 Å². The maximum atomic E-state index is 12.1. The summed E-state index contributed by atoms with van der Waals surface area (Å²) < 4.78 is 1.45. The Morgan fingerprint density at radius 3 is 2.89 bits per heavy atom. The van der Waals surface area contributed by atoms with Crippen molar-refractivity contribution in [3.63, 3.8) is 0 Å². The molecule has 1 aliphatic heterocycles. The van der Waals surface area contributed by atoms with E-state index in [0.29, 0.717) is 13.1 Å². The quantitative estimate of drug-likeness (QED) is 0.681. The molecular formula is C11H20N6O2. The van der Waals surface area contributed by atoms with Crippen molar-refractivity contribution in [2.24, 2.45) is 0 Å². The van der Waals surface area contributed by atoms with Crippen LogP contribution in [0.5, 0.6) is 0 Å². The fraction of sp³-hybridized carbons (Fsp3) is 0.727. The normalized spacial score (nSPS) is 17.4. The van der Waals surface area contributed by atoms with Crippen LogP contribution in [0.3, 0.4) is 0 Å². The number of aromatic nitrogens is 3. The Hall–Kier alpha value is -1.67. The molecule has 2 rings (SSSR count). The lowest BCUT2D eigenvalue weighted by Gasteiger charge is -2.21. The first kappa shape index (κ1) is 13.8. The third kappa shape index (κ3) is 3.90. The average molecular weight is 268 g/mol. The maximum Gasteiger partial charge on any atom is 0.244 e. The highest BCUT2D eigenvalue weighted by Gasteiger charge is 2.19. The fourth-order valence-electron chi connectivity index (χ4n) is 2.21. The molecule has 8 nitrogen and oxygen atoms in total. The second-order valence-electron chi connectivity index (χ2n) is 4.60. The maximum absolute atomic E-state index is 12.1. The number of aliphatic hydroxyl groups excluding tert-OH is 1. The Kier molecular flexibility index (Phi) is 4.69. The van der Waals surface area contributed by atoms with Gasteiger partial charge in [0.2, 0.25) is 11.9 Å². The van der Waals surface area contributed by atoms with E-state index in [4.69, 9.17) is 10.8 Å². The van der Waals surface area contributed by atoms with E-state index >= 15 is 0 Å². The molecule has 0 aromatic carbocycles. The predicted molar refractivity (Wildman–Crippen MR) is 69.2 cm³/mol. The number of amides is 1. The minimum Gasteiger partial charge on any atom is -0.395 e. The molecule has 19 heavy (non-hydrogen) atoms. The summed E-state index contributed by atoms with van der Waals surface area (Å²) in [5.41, 5.74) is 5.41. The number of nitrogen functional groups attached to an aromatic ring is 1. The van der Waals surface area contributed by atoms with Gasteiger partial charge in [0.1, 0.15) is 12.9 Å². The highest BCUT2D eigenvalue weighted by atomic mass is 16.3. The minimum absolute atomic E-state index is 0.0238. The third-order valence-corrected chi connectivity index (χ3v) is 3.21. The Morgan fingerprint density at radius 1 is 1.37 bits per heavy atom. The van der Waals surface area contributed by atoms with Crippen molar-refractivity contribution in [1.29, 1.82) is 0 Å². The molecule has 1 aromatic rings. The summed E-state index contributed by atoms with van der Waals surface area (Å²) in [5.74, 6) is 0.202. The van der Waals surface area contributed by atoms with E-state index in [-0.39, 0.29) is 25.0 Å². The first-order valence-corrected chi connectivity index (χ1v) is 6.45. The molecule has 1 amide bonds. The lowest BCUT2D eigenvalue weighted by Crippen LogP contribution is -2.37. The van der Waals surface area contributed by atoms with Crippen LogP contribution in [-0.4, -0.2) is 74.9 Å². The molecule has 1 aromatic heterocycles. The summed E-state index contributed by atoms with van der Waals surface area (Å²) in [6.07, 6.45) is 2.38. The molecule has 0 bridgehead atoms. The van der Waals surface area contributed by atoms with Gasteiger partial charge in [-0.3, -0.25) is 9.69 Å². The first-order valence-electron chi connectivity index (χ1n) is 6.45. The Morgan fingerprint density at radius 2 is 2.21 bits per heavy atom. The SMILES string of the molecule is Nc1ncn(CC(=O)N2CCCN(CCO)CC2)n1. The summed E-state index contributed by atoms with van der Waals surface area (Å²) in [7, 11) is 0. The zero-order chi connectivity index (χ0) is 13.7. The number of β-amino-alcohol motifs (C(OH)–C–C–N with tert-alkyl or cyclic N) is 1. The molecule has 0 spiro atoms. The fourth-order valence-corrected chi connectivity index (χ4v) is 2.21. The molecule has 3 N–H and O–H groups in total. The highest BCUT2D eigenvalue weighted by molar-refractivity contribution is 5.75. The van der Waals surface area contributed by atoms with Crippen molar-refractivity contribution < 1.29 is 9.90 Å². The van der Waals surface area contributed by atoms with E-state index in [0.717, 1.165) is 26.1 Å². The van der Waals surface area contributed by atoms with Crippen LogP contribution in [0.25, 0.3) is 0 Å². The standard InChI is InChI=1S/C11H20N6O2/c12-11-13-9-17(14-11)8-10(19)16-3-1-2-15(4-5-16)6-7-18/h9,18H,1-8H2,(H2,12,14). The van der Waals surface area contributed by atoms with E-state index in [9.17, 15) is 4.79 Å². The van der Waals surface area contributed by atoms with Crippen LogP contribution >= 0.6 is 0 Å². The summed E-state index contributed by atoms with van der Waals surface area (Å²) >= 11 is 0. The smallest absolute Gasteiger partial charge is 0.244 e. The summed E-state index contributed by atoms with van der Waals surface area (Å²) in [6, 6.07) is 0. The average Bonchev–Trinajstić information content (AvgIpc) is 2.65. The second-order valence-corrected chi connectivity index (χ2v) is 4.60. The molecule has 106 valence electrons. The number of aliphatic hydroxyl groups is 1. The zero-order valence-electron chi connectivity index (χ0n) is 10.9. The van der Waals surface area contributed by atoms with Crippen LogP contribution < -0.4 is 5.73 Å². The summed E-state index contributed by atoms with van der Waals surface area (Å²) in [5, 5.41) is 12.8. The number of carbonyl (C=O) groups is 1. The van der Waals surface area contributed by atoms with E-state index in [1.54, 1.807) is 0 Å². The molecular weight excluding hydrogens is 248 g/mol. The second kappa shape index (κ2) is 6.48. The van der Waals surface area contributed by atoms with Crippen LogP contribution in [0.4, 0.5) is 5.95 Å². The van der Waals surface area contributed by atoms with Crippen molar-refractivity contribution in [2.75, 3.05) is 45.1 Å². The molecule has 0 aliphatic carbocycles. The third-order valence-electron chi connectivity index (χ3n) is 3.21. The van der Waals surface area contributed by atoms with Gasteiger partial charge >= 0.3 is 0 Å². The van der Waals surface area contributed by atoms with E-state index in [1.165, 1.54) is 11.0 Å². The van der Waals surface area contributed by atoms with Gasteiger partial charge in [0, 0.05) is 26.2 Å². The van der Waals surface area contributed by atoms with Crippen LogP contribution in [0.15, 0.2) is 6.33 Å². The van der Waals surface area contributed by atoms with Crippen molar-refractivity contribution in [1.82, 2.24) is 24.6 Å². The highest BCUT2D eigenvalue weighted by Crippen LogP contribution is 2.04. The van der Waals surface area contributed by atoms with Crippen LogP contribution in [0, 0.1) is 0 Å². The van der Waals surface area contributed by atoms with Crippen LogP contribution in [0.1, 0.15) is 6.42 Å². The minimum atomic E-state index is 0.0238. The van der Waals surface area contributed by atoms with Gasteiger partial charge in [-0.2, -0.15) is 0 Å². The molecule has 0 unspecified atom stereocenters. The Balaban J connectivity index is 1.85. The molecule has 1 aliphatic rings. The topological polar surface area (TPSA) is 101 Å². The van der Waals surface area contributed by atoms with Crippen molar-refractivity contribution in [3.05, 3.63) is 6.33 Å². The lowest BCUT2D eigenvalue weighted by atomic mass is 10.3. The van der Waals surface area contributed by atoms with Gasteiger partial charge in [-0.05, 0) is 13.0 Å². The van der Waals surface area contributed by atoms with Crippen molar-refractivity contribution >= 4 is 11.9 Å². The van der Waals surface area contributed by atoms with Gasteiger partial charge < -0.3 is 15.7 Å². The van der Waals surface area contributed by atoms with Crippen LogP contribution in [0.2, 0.25) is 0 Å². The number of hydrogen-bond donors (Lipinski definition) is 2. The van der Waals surface area contributed by atoms with Gasteiger partial charge in [0.15, 0.2) is 0 Å². The molecule has 0 saturated carbocycles. The lowest BCUT2D eigenvalue weighted by molar-refractivity contribution is -0.131. The van der Waals surface area contributed by atoms with Gasteiger partial charge in [-0.1, -0.05) is 0 Å². The summed E-state index contributed by atoms with van der Waals surface area (Å²) in [6.45, 7) is 4.14. The zero-order valence-corrected chi connectivity index (χ0v) is 10.9. The largest absolute Gasteiger partial charge is 0.395 e. The number of anilines is 1. The van der Waals surface area contributed by atoms with Gasteiger partial charge in [-0.25, -0.2) is 9.67 Å². The number of nitrogens with zero attached hydrogens (tertiary/aromatic N) is 5. The summed E-state index contributed by atoms with van der Waals surface area (Å²) in [4.78, 5) is 19.9. The van der Waals surface area contributed by atoms with E-state index in [2.05, 4.69) is 15.0 Å². The Bertz CT molecular complexity index is 421. The molecule has 1 saturated heterocycles.